The first-order valence-corrected chi connectivity index (χ1v) is 14.0. The molecule has 4 rings (SSSR count). The van der Waals surface area contributed by atoms with Crippen LogP contribution in [0.15, 0.2) is 36.9 Å². The van der Waals surface area contributed by atoms with Crippen molar-refractivity contribution < 1.29 is 29.0 Å². The maximum absolute atomic E-state index is 14.5. The van der Waals surface area contributed by atoms with Crippen LogP contribution in [-0.4, -0.2) is 76.2 Å². The zero-order valence-corrected chi connectivity index (χ0v) is 23.7. The monoisotopic (exact) mass is 596 g/mol. The normalized spacial score (nSPS) is 31.7. The molecular formula is C27H34BrClN2O6. The molecule has 3 fully saturated rings. The number of aliphatic hydroxyl groups excluding tert-OH is 1. The van der Waals surface area contributed by atoms with Crippen molar-refractivity contribution in [1.82, 2.24) is 4.90 Å². The maximum Gasteiger partial charge on any atom is 0.312 e. The summed E-state index contributed by atoms with van der Waals surface area (Å²) in [6.07, 6.45) is 2.08. The molecule has 2 bridgehead atoms. The van der Waals surface area contributed by atoms with Gasteiger partial charge in [-0.25, -0.2) is 0 Å². The second kappa shape index (κ2) is 11.0. The molecule has 10 heteroatoms. The highest BCUT2D eigenvalue weighted by atomic mass is 79.9. The number of hydrogen-bond donors (Lipinski definition) is 1. The first-order chi connectivity index (χ1) is 17.7. The molecule has 3 unspecified atom stereocenters. The van der Waals surface area contributed by atoms with Crippen molar-refractivity contribution >= 4 is 51.0 Å². The number of anilines is 1. The highest BCUT2D eigenvalue weighted by Gasteiger charge is 2.77. The van der Waals surface area contributed by atoms with Crippen molar-refractivity contribution in [3.63, 3.8) is 0 Å². The first-order valence-electron chi connectivity index (χ1n) is 12.8. The molecule has 0 saturated carbocycles. The van der Waals surface area contributed by atoms with Crippen molar-refractivity contribution in [3.05, 3.63) is 41.9 Å². The summed E-state index contributed by atoms with van der Waals surface area (Å²) in [5.74, 6) is -3.04. The number of carbonyl (C=O) groups excluding carboxylic acids is 3. The third-order valence-corrected chi connectivity index (χ3v) is 9.18. The van der Waals surface area contributed by atoms with Crippen molar-refractivity contribution in [3.8, 4) is 0 Å². The molecule has 37 heavy (non-hydrogen) atoms. The minimum Gasteiger partial charge on any atom is -0.466 e. The molecule has 1 N–H and O–H groups in total. The van der Waals surface area contributed by atoms with Crippen LogP contribution in [0, 0.1) is 17.8 Å². The molecule has 1 spiro atoms. The topological polar surface area (TPSA) is 96.4 Å². The number of likely N-dealkylation sites (tertiary alicyclic amines) is 1. The number of carbonyl (C=O) groups is 3. The summed E-state index contributed by atoms with van der Waals surface area (Å²) in [5.41, 5.74) is -0.646. The predicted molar refractivity (Wildman–Crippen MR) is 144 cm³/mol. The number of halogens is 2. The van der Waals surface area contributed by atoms with E-state index in [1.165, 1.54) is 4.90 Å². The van der Waals surface area contributed by atoms with Crippen LogP contribution in [0.3, 0.4) is 0 Å². The Hall–Kier alpha value is -1.94. The number of nitrogens with zero attached hydrogens (tertiary/aromatic N) is 2. The van der Waals surface area contributed by atoms with Crippen LogP contribution in [0.4, 0.5) is 5.69 Å². The van der Waals surface area contributed by atoms with Gasteiger partial charge in [0.25, 0.3) is 5.91 Å². The van der Waals surface area contributed by atoms with Gasteiger partial charge in [-0.3, -0.25) is 14.4 Å². The van der Waals surface area contributed by atoms with Crippen molar-refractivity contribution in [1.29, 1.82) is 0 Å². The second-order valence-corrected chi connectivity index (χ2v) is 11.6. The number of amides is 2. The van der Waals surface area contributed by atoms with Gasteiger partial charge in [-0.05, 0) is 43.5 Å². The van der Waals surface area contributed by atoms with Crippen molar-refractivity contribution in [2.75, 3.05) is 24.7 Å². The number of fused-ring (bicyclic) bond motifs is 1. The number of aliphatic hydroxyl groups is 1. The van der Waals surface area contributed by atoms with Crippen LogP contribution >= 0.6 is 27.5 Å². The number of alkyl halides is 1. The zero-order valence-electron chi connectivity index (χ0n) is 21.3. The molecule has 1 aromatic carbocycles. The number of rotatable bonds is 10. The molecule has 0 aliphatic carbocycles. The van der Waals surface area contributed by atoms with E-state index in [1.54, 1.807) is 42.2 Å². The van der Waals surface area contributed by atoms with Crippen LogP contribution in [0.1, 0.15) is 33.6 Å². The predicted octanol–water partition coefficient (Wildman–Crippen LogP) is 3.58. The van der Waals surface area contributed by atoms with E-state index >= 15 is 0 Å². The van der Waals surface area contributed by atoms with Gasteiger partial charge in [0, 0.05) is 22.1 Å². The Morgan fingerprint density at radius 1 is 1.38 bits per heavy atom. The summed E-state index contributed by atoms with van der Waals surface area (Å²) in [5, 5.41) is 11.0. The maximum atomic E-state index is 14.5. The van der Waals surface area contributed by atoms with E-state index in [-0.39, 0.29) is 42.3 Å². The fourth-order valence-electron chi connectivity index (χ4n) is 6.25. The summed E-state index contributed by atoms with van der Waals surface area (Å²) < 4.78 is 11.9. The van der Waals surface area contributed by atoms with Crippen molar-refractivity contribution in [2.24, 2.45) is 17.8 Å². The quantitative estimate of drug-likeness (QED) is 0.252. The molecular weight excluding hydrogens is 564 g/mol. The largest absolute Gasteiger partial charge is 0.466 e. The molecule has 3 aliphatic rings. The van der Waals surface area contributed by atoms with Gasteiger partial charge in [0.2, 0.25) is 5.91 Å². The molecule has 3 aliphatic heterocycles. The highest BCUT2D eigenvalue weighted by Crippen LogP contribution is 2.61. The summed E-state index contributed by atoms with van der Waals surface area (Å²) in [4.78, 5) is 44.6. The lowest BCUT2D eigenvalue weighted by Crippen LogP contribution is -2.60. The third kappa shape index (κ3) is 4.51. The highest BCUT2D eigenvalue weighted by molar-refractivity contribution is 9.09. The van der Waals surface area contributed by atoms with Gasteiger partial charge in [0.05, 0.1) is 37.2 Å². The smallest absolute Gasteiger partial charge is 0.312 e. The lowest BCUT2D eigenvalue weighted by Gasteiger charge is -2.41. The molecule has 0 aromatic heterocycles. The van der Waals surface area contributed by atoms with E-state index in [9.17, 15) is 19.5 Å². The number of esters is 1. The van der Waals surface area contributed by atoms with Gasteiger partial charge in [0.1, 0.15) is 11.6 Å². The van der Waals surface area contributed by atoms with Gasteiger partial charge >= 0.3 is 5.97 Å². The lowest BCUT2D eigenvalue weighted by atomic mass is 9.70. The molecule has 8 atom stereocenters. The minimum absolute atomic E-state index is 0.0964. The van der Waals surface area contributed by atoms with E-state index in [0.29, 0.717) is 23.6 Å². The Labute approximate surface area is 231 Å². The van der Waals surface area contributed by atoms with E-state index in [1.807, 2.05) is 13.8 Å². The standard InChI is InChI=1S/C27H34BrClN2O6/c1-5-12-30(17-10-8-16(29)9-11-17)25(34)23-27-13-18(28)22(37-27)20(26(35)36-7-3)21(27)24(33)31(23)19(14-32)15(4)6-2/h5,8-11,15,18-23,32H,1,6-7,12-14H2,2-4H3/t15-,18?,19-,20+,21-,22+,23?,27?/m0/s1. The lowest BCUT2D eigenvalue weighted by molar-refractivity contribution is -0.155. The van der Waals surface area contributed by atoms with Gasteiger partial charge in [-0.1, -0.05) is 53.9 Å². The average Bonchev–Trinajstić information content (AvgIpc) is 3.47. The average molecular weight is 598 g/mol. The fourth-order valence-corrected chi connectivity index (χ4v) is 7.32. The van der Waals surface area contributed by atoms with Gasteiger partial charge in [0.15, 0.2) is 0 Å². The Balaban J connectivity index is 1.86. The second-order valence-electron chi connectivity index (χ2n) is 10.0. The molecule has 3 saturated heterocycles. The molecule has 8 nitrogen and oxygen atoms in total. The summed E-state index contributed by atoms with van der Waals surface area (Å²) in [6.45, 7) is 9.49. The zero-order chi connectivity index (χ0) is 27.1. The van der Waals surface area contributed by atoms with Crippen LogP contribution in [-0.2, 0) is 23.9 Å². The van der Waals surface area contributed by atoms with Crippen molar-refractivity contribution in [2.45, 2.75) is 62.2 Å². The van der Waals surface area contributed by atoms with Crippen LogP contribution < -0.4 is 4.90 Å². The SMILES string of the molecule is C=CCN(C(=O)C1N([C@@H](CO)[C@@H](C)CC)C(=O)[C@@H]2[C@@H](C(=O)OCC)[C@@H]3OC12CC3Br)c1ccc(Cl)cc1. The Bertz CT molecular complexity index is 1050. The number of benzene rings is 1. The van der Waals surface area contributed by atoms with E-state index < -0.39 is 41.6 Å². The van der Waals surface area contributed by atoms with Gasteiger partial charge in [-0.2, -0.15) is 0 Å². The van der Waals surface area contributed by atoms with E-state index in [2.05, 4.69) is 22.5 Å². The van der Waals surface area contributed by atoms with Crippen LogP contribution in [0.25, 0.3) is 0 Å². The fraction of sp³-hybridized carbons (Fsp3) is 0.593. The van der Waals surface area contributed by atoms with E-state index in [0.717, 1.165) is 0 Å². The summed E-state index contributed by atoms with van der Waals surface area (Å²) >= 11 is 9.74. The third-order valence-electron chi connectivity index (χ3n) is 8.08. The Kier molecular flexibility index (Phi) is 8.38. The molecule has 202 valence electrons. The molecule has 0 radical (unpaired) electrons. The first kappa shape index (κ1) is 28.1. The summed E-state index contributed by atoms with van der Waals surface area (Å²) in [6, 6.07) is 5.19. The van der Waals surface area contributed by atoms with Crippen LogP contribution in [0.2, 0.25) is 5.02 Å². The Morgan fingerprint density at radius 3 is 2.62 bits per heavy atom. The van der Waals surface area contributed by atoms with Gasteiger partial charge < -0.3 is 24.4 Å². The molecule has 1 aromatic rings. The number of ether oxygens (including phenoxy) is 2. The van der Waals surface area contributed by atoms with Gasteiger partial charge in [-0.15, -0.1) is 6.58 Å². The Morgan fingerprint density at radius 2 is 2.05 bits per heavy atom. The molecule has 3 heterocycles. The number of hydrogen-bond acceptors (Lipinski definition) is 6. The van der Waals surface area contributed by atoms with Crippen LogP contribution in [0.5, 0.6) is 0 Å². The minimum atomic E-state index is -1.24. The summed E-state index contributed by atoms with van der Waals surface area (Å²) in [7, 11) is 0. The van der Waals surface area contributed by atoms with E-state index in [4.69, 9.17) is 21.1 Å². The molecule has 2 amide bonds.